The molecular formula is C17H21N7S. The van der Waals surface area contributed by atoms with E-state index in [0.717, 1.165) is 60.8 Å². The molecule has 25 heavy (non-hydrogen) atoms. The molecule has 0 spiro atoms. The van der Waals surface area contributed by atoms with Gasteiger partial charge >= 0.3 is 0 Å². The summed E-state index contributed by atoms with van der Waals surface area (Å²) in [6, 6.07) is 1.97. The van der Waals surface area contributed by atoms with Crippen molar-refractivity contribution < 1.29 is 0 Å². The topological polar surface area (TPSA) is 82.6 Å². The fraction of sp³-hybridized carbons (Fsp3) is 0.412. The van der Waals surface area contributed by atoms with Crippen molar-refractivity contribution in [3.05, 3.63) is 47.4 Å². The normalized spacial score (nSPS) is 18.4. The van der Waals surface area contributed by atoms with Crippen LogP contribution >= 0.6 is 11.3 Å². The minimum atomic E-state index is 0.348. The molecule has 2 N–H and O–H groups in total. The summed E-state index contributed by atoms with van der Waals surface area (Å²) in [6.45, 7) is 4.91. The molecule has 1 atom stereocenters. The fourth-order valence-electron chi connectivity index (χ4n) is 3.24. The minimum Gasteiger partial charge on any atom is -0.348 e. The summed E-state index contributed by atoms with van der Waals surface area (Å²) in [5.74, 6) is 3.10. The monoisotopic (exact) mass is 355 g/mol. The molecule has 130 valence electrons. The van der Waals surface area contributed by atoms with Crippen LogP contribution in [0.25, 0.3) is 0 Å². The van der Waals surface area contributed by atoms with Crippen LogP contribution in [0.5, 0.6) is 0 Å². The Morgan fingerprint density at radius 1 is 1.32 bits per heavy atom. The number of aromatic amines is 1. The van der Waals surface area contributed by atoms with Crippen molar-refractivity contribution in [3.8, 4) is 0 Å². The van der Waals surface area contributed by atoms with Crippen LogP contribution in [0.2, 0.25) is 0 Å². The zero-order valence-corrected chi connectivity index (χ0v) is 15.0. The Balaban J connectivity index is 1.49. The van der Waals surface area contributed by atoms with Crippen LogP contribution in [0.4, 0.5) is 10.9 Å². The van der Waals surface area contributed by atoms with E-state index in [1.54, 1.807) is 23.7 Å². The molecule has 4 heterocycles. The highest BCUT2D eigenvalue weighted by Gasteiger charge is 2.24. The molecule has 1 saturated heterocycles. The number of rotatable bonds is 5. The van der Waals surface area contributed by atoms with Gasteiger partial charge in [-0.1, -0.05) is 0 Å². The van der Waals surface area contributed by atoms with E-state index in [0.29, 0.717) is 5.92 Å². The summed E-state index contributed by atoms with van der Waals surface area (Å²) in [6.07, 6.45) is 7.73. The van der Waals surface area contributed by atoms with Gasteiger partial charge in [-0.05, 0) is 26.3 Å². The van der Waals surface area contributed by atoms with Crippen molar-refractivity contribution in [3.63, 3.8) is 0 Å². The maximum absolute atomic E-state index is 4.76. The molecule has 0 radical (unpaired) electrons. The van der Waals surface area contributed by atoms with E-state index in [1.165, 1.54) is 0 Å². The van der Waals surface area contributed by atoms with Crippen LogP contribution in [0.3, 0.4) is 0 Å². The lowest BCUT2D eigenvalue weighted by Gasteiger charge is -2.31. The van der Waals surface area contributed by atoms with E-state index in [4.69, 9.17) is 9.97 Å². The van der Waals surface area contributed by atoms with Crippen LogP contribution in [0, 0.1) is 6.92 Å². The number of H-pyrrole nitrogens is 1. The van der Waals surface area contributed by atoms with Gasteiger partial charge in [0.25, 0.3) is 0 Å². The average Bonchev–Trinajstić information content (AvgIpc) is 3.29. The highest BCUT2D eigenvalue weighted by Crippen LogP contribution is 2.27. The number of piperidine rings is 1. The molecule has 4 rings (SSSR count). The number of nitrogens with one attached hydrogen (secondary N) is 2. The van der Waals surface area contributed by atoms with Crippen LogP contribution in [0.1, 0.15) is 36.1 Å². The van der Waals surface area contributed by atoms with Gasteiger partial charge in [0.2, 0.25) is 0 Å². The molecule has 7 nitrogen and oxygen atoms in total. The highest BCUT2D eigenvalue weighted by atomic mass is 32.1. The van der Waals surface area contributed by atoms with Crippen LogP contribution in [-0.2, 0) is 6.54 Å². The van der Waals surface area contributed by atoms with Gasteiger partial charge in [0.05, 0.1) is 6.54 Å². The van der Waals surface area contributed by atoms with Crippen molar-refractivity contribution in [2.24, 2.45) is 0 Å². The van der Waals surface area contributed by atoms with Crippen molar-refractivity contribution >= 4 is 22.3 Å². The standard InChI is InChI=1S/C17H21N7S/c1-12-9-14(23-17-20-6-8-25-17)22-16(21-12)13-3-2-7-24(10-13)11-15-18-4-5-19-15/h4-6,8-9,13H,2-3,7,10-11H2,1H3,(H,18,19)(H,20,21,22,23). The predicted molar refractivity (Wildman–Crippen MR) is 98.0 cm³/mol. The Kier molecular flexibility index (Phi) is 4.71. The van der Waals surface area contributed by atoms with Crippen molar-refractivity contribution in [2.45, 2.75) is 32.2 Å². The van der Waals surface area contributed by atoms with Gasteiger partial charge in [-0.25, -0.2) is 19.9 Å². The fourth-order valence-corrected chi connectivity index (χ4v) is 3.77. The summed E-state index contributed by atoms with van der Waals surface area (Å²) in [7, 11) is 0. The third-order valence-electron chi connectivity index (χ3n) is 4.34. The van der Waals surface area contributed by atoms with Gasteiger partial charge in [-0.15, -0.1) is 11.3 Å². The summed E-state index contributed by atoms with van der Waals surface area (Å²) >= 11 is 1.57. The second kappa shape index (κ2) is 7.28. The number of hydrogen-bond acceptors (Lipinski definition) is 7. The Labute approximate surface area is 150 Å². The summed E-state index contributed by atoms with van der Waals surface area (Å²) in [4.78, 5) is 23.7. The quantitative estimate of drug-likeness (QED) is 0.732. The summed E-state index contributed by atoms with van der Waals surface area (Å²) in [5.41, 5.74) is 0.979. The lowest BCUT2D eigenvalue weighted by atomic mass is 9.97. The summed E-state index contributed by atoms with van der Waals surface area (Å²) in [5, 5.41) is 6.08. The molecule has 0 aromatic carbocycles. The Morgan fingerprint density at radius 3 is 3.08 bits per heavy atom. The lowest BCUT2D eigenvalue weighted by Crippen LogP contribution is -2.35. The van der Waals surface area contributed by atoms with Gasteiger partial charge in [0.1, 0.15) is 17.5 Å². The van der Waals surface area contributed by atoms with Gasteiger partial charge in [-0.2, -0.15) is 0 Å². The van der Waals surface area contributed by atoms with Gasteiger partial charge < -0.3 is 10.3 Å². The van der Waals surface area contributed by atoms with Gasteiger partial charge in [-0.3, -0.25) is 4.90 Å². The summed E-state index contributed by atoms with van der Waals surface area (Å²) < 4.78 is 0. The van der Waals surface area contributed by atoms with E-state index in [2.05, 4.69) is 25.2 Å². The zero-order chi connectivity index (χ0) is 17.1. The number of likely N-dealkylation sites (tertiary alicyclic amines) is 1. The molecule has 0 bridgehead atoms. The second-order valence-corrected chi connectivity index (χ2v) is 7.22. The van der Waals surface area contributed by atoms with Crippen molar-refractivity contribution in [1.82, 2.24) is 29.8 Å². The first-order valence-corrected chi connectivity index (χ1v) is 9.37. The number of imidazole rings is 1. The molecule has 0 amide bonds. The van der Waals surface area contributed by atoms with Crippen LogP contribution < -0.4 is 5.32 Å². The van der Waals surface area contributed by atoms with E-state index in [-0.39, 0.29) is 0 Å². The maximum atomic E-state index is 4.76. The Bertz CT molecular complexity index is 801. The largest absolute Gasteiger partial charge is 0.348 e. The number of anilines is 2. The van der Waals surface area contributed by atoms with Gasteiger partial charge in [0, 0.05) is 48.2 Å². The average molecular weight is 355 g/mol. The first kappa shape index (κ1) is 16.2. The second-order valence-electron chi connectivity index (χ2n) is 6.33. The van der Waals surface area contributed by atoms with Crippen molar-refractivity contribution in [1.29, 1.82) is 0 Å². The maximum Gasteiger partial charge on any atom is 0.188 e. The minimum absolute atomic E-state index is 0.348. The SMILES string of the molecule is Cc1cc(Nc2nccs2)nc(C2CCCN(Cc3ncc[nH]3)C2)n1. The van der Waals surface area contributed by atoms with Crippen LogP contribution in [-0.4, -0.2) is 42.9 Å². The third kappa shape index (κ3) is 4.02. The van der Waals surface area contributed by atoms with E-state index >= 15 is 0 Å². The zero-order valence-electron chi connectivity index (χ0n) is 14.1. The molecular weight excluding hydrogens is 334 g/mol. The Hall–Kier alpha value is -2.32. The molecule has 0 saturated carbocycles. The smallest absolute Gasteiger partial charge is 0.188 e. The first-order chi connectivity index (χ1) is 12.3. The number of aromatic nitrogens is 5. The van der Waals surface area contributed by atoms with Gasteiger partial charge in [0.15, 0.2) is 5.13 Å². The number of thiazole rings is 1. The number of hydrogen-bond donors (Lipinski definition) is 2. The molecule has 0 aliphatic carbocycles. The third-order valence-corrected chi connectivity index (χ3v) is 5.03. The first-order valence-electron chi connectivity index (χ1n) is 8.49. The molecule has 1 unspecified atom stereocenters. The number of nitrogens with zero attached hydrogens (tertiary/aromatic N) is 5. The van der Waals surface area contributed by atoms with E-state index in [9.17, 15) is 0 Å². The lowest BCUT2D eigenvalue weighted by molar-refractivity contribution is 0.192. The highest BCUT2D eigenvalue weighted by molar-refractivity contribution is 7.13. The predicted octanol–water partition coefficient (Wildman–Crippen LogP) is 3.09. The van der Waals surface area contributed by atoms with E-state index < -0.39 is 0 Å². The number of aryl methyl sites for hydroxylation is 1. The molecule has 3 aromatic rings. The Morgan fingerprint density at radius 2 is 2.28 bits per heavy atom. The molecule has 3 aromatic heterocycles. The molecule has 1 aliphatic rings. The van der Waals surface area contributed by atoms with E-state index in [1.807, 2.05) is 24.6 Å². The van der Waals surface area contributed by atoms with Crippen LogP contribution in [0.15, 0.2) is 30.0 Å². The van der Waals surface area contributed by atoms with Crippen molar-refractivity contribution in [2.75, 3.05) is 18.4 Å². The molecule has 1 fully saturated rings. The molecule has 8 heteroatoms. The molecule has 1 aliphatic heterocycles.